The largest absolute Gasteiger partial charge is 0.496 e. The van der Waals surface area contributed by atoms with E-state index in [1.807, 2.05) is 13.0 Å². The first-order chi connectivity index (χ1) is 8.10. The van der Waals surface area contributed by atoms with Gasteiger partial charge in [0.15, 0.2) is 5.78 Å². The number of hydrogen-bond donors (Lipinski definition) is 2. The van der Waals surface area contributed by atoms with Gasteiger partial charge in [-0.15, -0.1) is 0 Å². The lowest BCUT2D eigenvalue weighted by atomic mass is 10.0. The molecule has 0 heterocycles. The standard InChI is InChI=1S/C13H19NO3/c1-9-8-11(4-5-12(9)17-3)13(16)10(2)14-6-7-15/h4-5,8,10,14-15H,6-7H2,1-3H3. The zero-order chi connectivity index (χ0) is 12.8. The van der Waals surface area contributed by atoms with Crippen molar-refractivity contribution in [2.75, 3.05) is 20.3 Å². The third kappa shape index (κ3) is 3.54. The first-order valence-electron chi connectivity index (χ1n) is 5.63. The van der Waals surface area contributed by atoms with Crippen LogP contribution in [0.3, 0.4) is 0 Å². The lowest BCUT2D eigenvalue weighted by molar-refractivity contribution is 0.0948. The fourth-order valence-electron chi connectivity index (χ4n) is 1.66. The first-order valence-corrected chi connectivity index (χ1v) is 5.63. The van der Waals surface area contributed by atoms with E-state index in [0.717, 1.165) is 11.3 Å². The summed E-state index contributed by atoms with van der Waals surface area (Å²) in [6.45, 7) is 4.14. The molecule has 94 valence electrons. The highest BCUT2D eigenvalue weighted by Crippen LogP contribution is 2.19. The summed E-state index contributed by atoms with van der Waals surface area (Å²) >= 11 is 0. The van der Waals surface area contributed by atoms with Crippen LogP contribution in [-0.2, 0) is 0 Å². The molecule has 0 aliphatic heterocycles. The summed E-state index contributed by atoms with van der Waals surface area (Å²) in [5, 5.41) is 11.6. The molecule has 2 N–H and O–H groups in total. The normalized spacial score (nSPS) is 12.2. The van der Waals surface area contributed by atoms with Gasteiger partial charge in [-0.2, -0.15) is 0 Å². The number of methoxy groups -OCH3 is 1. The molecular formula is C13H19NO3. The minimum absolute atomic E-state index is 0.0178. The van der Waals surface area contributed by atoms with Gasteiger partial charge in [0.25, 0.3) is 0 Å². The Kier molecular flexibility index (Phi) is 5.12. The molecular weight excluding hydrogens is 218 g/mol. The Balaban J connectivity index is 2.78. The second-order valence-corrected chi connectivity index (χ2v) is 3.95. The van der Waals surface area contributed by atoms with Crippen LogP contribution in [0.5, 0.6) is 5.75 Å². The third-order valence-electron chi connectivity index (χ3n) is 2.63. The molecule has 0 radical (unpaired) electrons. The number of Topliss-reactive ketones (excluding diaryl/α,β-unsaturated/α-hetero) is 1. The van der Waals surface area contributed by atoms with E-state index in [1.54, 1.807) is 26.2 Å². The van der Waals surface area contributed by atoms with Crippen LogP contribution in [0.25, 0.3) is 0 Å². The van der Waals surface area contributed by atoms with Crippen LogP contribution in [0, 0.1) is 6.92 Å². The number of benzene rings is 1. The zero-order valence-electron chi connectivity index (χ0n) is 10.5. The summed E-state index contributed by atoms with van der Waals surface area (Å²) in [5.74, 6) is 0.793. The number of ketones is 1. The van der Waals surface area contributed by atoms with E-state index in [9.17, 15) is 4.79 Å². The molecule has 0 aliphatic rings. The van der Waals surface area contributed by atoms with Crippen molar-refractivity contribution < 1.29 is 14.6 Å². The second kappa shape index (κ2) is 6.37. The topological polar surface area (TPSA) is 58.6 Å². The van der Waals surface area contributed by atoms with Crippen molar-refractivity contribution in [1.82, 2.24) is 5.32 Å². The van der Waals surface area contributed by atoms with Crippen LogP contribution in [0.1, 0.15) is 22.8 Å². The van der Waals surface area contributed by atoms with E-state index in [-0.39, 0.29) is 18.4 Å². The van der Waals surface area contributed by atoms with Crippen LogP contribution < -0.4 is 10.1 Å². The van der Waals surface area contributed by atoms with E-state index in [1.165, 1.54) is 0 Å². The van der Waals surface area contributed by atoms with Crippen molar-refractivity contribution >= 4 is 5.78 Å². The fraction of sp³-hybridized carbons (Fsp3) is 0.462. The lowest BCUT2D eigenvalue weighted by Crippen LogP contribution is -2.35. The van der Waals surface area contributed by atoms with Crippen molar-refractivity contribution in [1.29, 1.82) is 0 Å². The summed E-state index contributed by atoms with van der Waals surface area (Å²) in [5.41, 5.74) is 1.59. The second-order valence-electron chi connectivity index (χ2n) is 3.95. The molecule has 1 rings (SSSR count). The first kappa shape index (κ1) is 13.7. The number of rotatable bonds is 6. The number of nitrogens with one attached hydrogen (secondary N) is 1. The number of aliphatic hydroxyl groups is 1. The average Bonchev–Trinajstić information content (AvgIpc) is 2.34. The van der Waals surface area contributed by atoms with Gasteiger partial charge in [-0.3, -0.25) is 4.79 Å². The molecule has 0 aromatic heterocycles. The number of carbonyl (C=O) groups is 1. The van der Waals surface area contributed by atoms with E-state index >= 15 is 0 Å². The Hall–Kier alpha value is -1.39. The lowest BCUT2D eigenvalue weighted by Gasteiger charge is -2.13. The maximum Gasteiger partial charge on any atom is 0.179 e. The molecule has 0 aliphatic carbocycles. The molecule has 0 amide bonds. The van der Waals surface area contributed by atoms with E-state index in [4.69, 9.17) is 9.84 Å². The van der Waals surface area contributed by atoms with Gasteiger partial charge in [-0.1, -0.05) is 0 Å². The SMILES string of the molecule is COc1ccc(C(=O)C(C)NCCO)cc1C. The number of aryl methyl sites for hydroxylation is 1. The highest BCUT2D eigenvalue weighted by molar-refractivity contribution is 6.00. The molecule has 0 spiro atoms. The molecule has 0 saturated heterocycles. The van der Waals surface area contributed by atoms with Gasteiger partial charge >= 0.3 is 0 Å². The Morgan fingerprint density at radius 2 is 2.24 bits per heavy atom. The van der Waals surface area contributed by atoms with Gasteiger partial charge in [0.1, 0.15) is 5.75 Å². The smallest absolute Gasteiger partial charge is 0.179 e. The molecule has 0 bridgehead atoms. The maximum atomic E-state index is 12.0. The molecule has 0 fully saturated rings. The Morgan fingerprint density at radius 3 is 2.76 bits per heavy atom. The van der Waals surface area contributed by atoms with Gasteiger partial charge < -0.3 is 15.2 Å². The summed E-state index contributed by atoms with van der Waals surface area (Å²) in [4.78, 5) is 12.0. The average molecular weight is 237 g/mol. The summed E-state index contributed by atoms with van der Waals surface area (Å²) in [6, 6.07) is 5.07. The van der Waals surface area contributed by atoms with Crippen LogP contribution >= 0.6 is 0 Å². The van der Waals surface area contributed by atoms with Crippen LogP contribution in [0.4, 0.5) is 0 Å². The Bertz CT molecular complexity index is 390. The van der Waals surface area contributed by atoms with Crippen LogP contribution in [0.2, 0.25) is 0 Å². The molecule has 4 nitrogen and oxygen atoms in total. The molecule has 1 aromatic rings. The van der Waals surface area contributed by atoms with Crippen LogP contribution in [0.15, 0.2) is 18.2 Å². The fourth-order valence-corrected chi connectivity index (χ4v) is 1.66. The third-order valence-corrected chi connectivity index (χ3v) is 2.63. The summed E-state index contributed by atoms with van der Waals surface area (Å²) in [7, 11) is 1.61. The number of hydrogen-bond acceptors (Lipinski definition) is 4. The minimum Gasteiger partial charge on any atom is -0.496 e. The van der Waals surface area contributed by atoms with Gasteiger partial charge in [0.05, 0.1) is 19.8 Å². The van der Waals surface area contributed by atoms with Crippen molar-refractivity contribution in [2.45, 2.75) is 19.9 Å². The molecule has 0 saturated carbocycles. The van der Waals surface area contributed by atoms with Gasteiger partial charge in [-0.25, -0.2) is 0 Å². The monoisotopic (exact) mass is 237 g/mol. The highest BCUT2D eigenvalue weighted by Gasteiger charge is 2.15. The van der Waals surface area contributed by atoms with Crippen molar-refractivity contribution in [2.24, 2.45) is 0 Å². The summed E-state index contributed by atoms with van der Waals surface area (Å²) in [6.07, 6.45) is 0. The maximum absolute atomic E-state index is 12.0. The number of carbonyl (C=O) groups excluding carboxylic acids is 1. The van der Waals surface area contributed by atoms with Crippen molar-refractivity contribution in [3.63, 3.8) is 0 Å². The molecule has 1 atom stereocenters. The molecule has 17 heavy (non-hydrogen) atoms. The molecule has 4 heteroatoms. The minimum atomic E-state index is -0.296. The van der Waals surface area contributed by atoms with E-state index < -0.39 is 0 Å². The van der Waals surface area contributed by atoms with Crippen molar-refractivity contribution in [3.8, 4) is 5.75 Å². The molecule has 1 aromatic carbocycles. The predicted molar refractivity (Wildman–Crippen MR) is 66.6 cm³/mol. The number of ether oxygens (including phenoxy) is 1. The van der Waals surface area contributed by atoms with Gasteiger partial charge in [0, 0.05) is 12.1 Å². The predicted octanol–water partition coefficient (Wildman–Crippen LogP) is 1.16. The van der Waals surface area contributed by atoms with Gasteiger partial charge in [-0.05, 0) is 37.6 Å². The highest BCUT2D eigenvalue weighted by atomic mass is 16.5. The van der Waals surface area contributed by atoms with E-state index in [2.05, 4.69) is 5.32 Å². The Labute approximate surface area is 102 Å². The quantitative estimate of drug-likeness (QED) is 0.729. The Morgan fingerprint density at radius 1 is 1.53 bits per heavy atom. The zero-order valence-corrected chi connectivity index (χ0v) is 10.5. The van der Waals surface area contributed by atoms with Crippen LogP contribution in [-0.4, -0.2) is 37.2 Å². The van der Waals surface area contributed by atoms with Gasteiger partial charge in [0.2, 0.25) is 0 Å². The van der Waals surface area contributed by atoms with E-state index in [0.29, 0.717) is 12.1 Å². The number of aliphatic hydroxyl groups excluding tert-OH is 1. The van der Waals surface area contributed by atoms with Crippen molar-refractivity contribution in [3.05, 3.63) is 29.3 Å². The molecule has 1 unspecified atom stereocenters. The summed E-state index contributed by atoms with van der Waals surface area (Å²) < 4.78 is 5.15.